The Labute approximate surface area is 117 Å². The molecule has 0 saturated heterocycles. The average Bonchev–Trinajstić information content (AvgIpc) is 2.83. The Morgan fingerprint density at radius 3 is 2.55 bits per heavy atom. The first-order valence-corrected chi connectivity index (χ1v) is 6.35. The molecule has 2 aromatic rings. The summed E-state index contributed by atoms with van der Waals surface area (Å²) >= 11 is 0. The molecule has 0 unspecified atom stereocenters. The van der Waals surface area contributed by atoms with Gasteiger partial charge in [0, 0.05) is 12.5 Å². The molecule has 6 heteroatoms. The van der Waals surface area contributed by atoms with E-state index in [4.69, 9.17) is 16.0 Å². The van der Waals surface area contributed by atoms with Crippen LogP contribution in [0.15, 0.2) is 40.9 Å². The Kier molecular flexibility index (Phi) is 6.67. The number of carbonyl (C=O) groups excluding carboxylic acids is 1. The van der Waals surface area contributed by atoms with Crippen molar-refractivity contribution in [3.05, 3.63) is 42.2 Å². The van der Waals surface area contributed by atoms with Crippen LogP contribution in [0.25, 0.3) is 0 Å². The SMILES string of the molecule is CCCCc1cc(N)no1.NC(=O)Oc1ccccc1. The summed E-state index contributed by atoms with van der Waals surface area (Å²) in [5.41, 5.74) is 10.1. The molecule has 0 fully saturated rings. The minimum Gasteiger partial charge on any atom is -0.411 e. The van der Waals surface area contributed by atoms with Crippen LogP contribution in [0.2, 0.25) is 0 Å². The number of hydrogen-bond acceptors (Lipinski definition) is 5. The summed E-state index contributed by atoms with van der Waals surface area (Å²) in [6.45, 7) is 2.14. The first-order valence-electron chi connectivity index (χ1n) is 6.35. The first kappa shape index (κ1) is 15.6. The molecule has 0 aliphatic carbocycles. The van der Waals surface area contributed by atoms with Crippen LogP contribution < -0.4 is 16.2 Å². The number of aromatic nitrogens is 1. The molecule has 6 nitrogen and oxygen atoms in total. The van der Waals surface area contributed by atoms with Crippen LogP contribution in [-0.2, 0) is 6.42 Å². The lowest BCUT2D eigenvalue weighted by Gasteiger charge is -1.96. The monoisotopic (exact) mass is 277 g/mol. The van der Waals surface area contributed by atoms with Crippen molar-refractivity contribution in [2.24, 2.45) is 5.73 Å². The van der Waals surface area contributed by atoms with Gasteiger partial charge in [-0.05, 0) is 18.6 Å². The molecule has 1 amide bonds. The highest BCUT2D eigenvalue weighted by molar-refractivity contribution is 5.67. The van der Waals surface area contributed by atoms with Gasteiger partial charge in [-0.2, -0.15) is 0 Å². The number of anilines is 1. The Morgan fingerprint density at radius 1 is 1.35 bits per heavy atom. The van der Waals surface area contributed by atoms with Crippen molar-refractivity contribution >= 4 is 11.9 Å². The molecule has 1 aromatic heterocycles. The molecule has 0 aliphatic heterocycles. The molecule has 2 rings (SSSR count). The molecule has 0 spiro atoms. The van der Waals surface area contributed by atoms with Crippen molar-refractivity contribution in [2.75, 3.05) is 5.73 Å². The summed E-state index contributed by atoms with van der Waals surface area (Å²) < 4.78 is 9.44. The molecule has 0 atom stereocenters. The number of nitrogens with zero attached hydrogens (tertiary/aromatic N) is 1. The standard InChI is InChI=1S/C7H12N2O.C7H7NO2/c1-2-3-4-6-5-7(8)9-10-6;8-7(9)10-6-4-2-1-3-5-6/h5H,2-4H2,1H3,(H2,8,9);1-5H,(H2,8,9). The van der Waals surface area contributed by atoms with Crippen molar-refractivity contribution < 1.29 is 14.1 Å². The molecule has 1 aromatic carbocycles. The zero-order chi connectivity index (χ0) is 14.8. The lowest BCUT2D eigenvalue weighted by Crippen LogP contribution is -2.15. The van der Waals surface area contributed by atoms with Crippen molar-refractivity contribution in [1.29, 1.82) is 0 Å². The number of nitrogen functional groups attached to an aromatic ring is 1. The van der Waals surface area contributed by atoms with Crippen molar-refractivity contribution in [1.82, 2.24) is 5.16 Å². The van der Waals surface area contributed by atoms with Crippen LogP contribution >= 0.6 is 0 Å². The number of ether oxygens (including phenoxy) is 1. The number of hydrogen-bond donors (Lipinski definition) is 2. The maximum absolute atomic E-state index is 10.2. The summed E-state index contributed by atoms with van der Waals surface area (Å²) in [4.78, 5) is 10.2. The normalized spacial score (nSPS) is 9.45. The van der Waals surface area contributed by atoms with Crippen molar-refractivity contribution in [2.45, 2.75) is 26.2 Å². The van der Waals surface area contributed by atoms with E-state index >= 15 is 0 Å². The van der Waals surface area contributed by atoms with E-state index in [0.29, 0.717) is 11.6 Å². The summed E-state index contributed by atoms with van der Waals surface area (Å²) in [5, 5.41) is 3.57. The zero-order valence-electron chi connectivity index (χ0n) is 11.4. The number of para-hydroxylation sites is 1. The fourth-order valence-electron chi connectivity index (χ4n) is 1.40. The van der Waals surface area contributed by atoms with Gasteiger partial charge >= 0.3 is 6.09 Å². The van der Waals surface area contributed by atoms with Gasteiger partial charge in [-0.25, -0.2) is 4.79 Å². The van der Waals surface area contributed by atoms with E-state index in [0.717, 1.165) is 18.6 Å². The highest BCUT2D eigenvalue weighted by Gasteiger charge is 1.98. The van der Waals surface area contributed by atoms with Gasteiger partial charge in [-0.1, -0.05) is 36.7 Å². The van der Waals surface area contributed by atoms with Crippen LogP contribution in [0.5, 0.6) is 5.75 Å². The molecule has 0 radical (unpaired) electrons. The molecule has 4 N–H and O–H groups in total. The van der Waals surface area contributed by atoms with Gasteiger partial charge in [0.25, 0.3) is 0 Å². The lowest BCUT2D eigenvalue weighted by molar-refractivity contribution is 0.211. The predicted octanol–water partition coefficient (Wildman–Crippen LogP) is 2.74. The van der Waals surface area contributed by atoms with E-state index in [1.54, 1.807) is 30.3 Å². The van der Waals surface area contributed by atoms with Crippen LogP contribution in [0.4, 0.5) is 10.6 Å². The molecule has 20 heavy (non-hydrogen) atoms. The van der Waals surface area contributed by atoms with Gasteiger partial charge in [0.05, 0.1) is 0 Å². The molecule has 0 aliphatic rings. The maximum atomic E-state index is 10.2. The second-order valence-corrected chi connectivity index (χ2v) is 4.06. The first-order chi connectivity index (χ1) is 9.61. The quantitative estimate of drug-likeness (QED) is 0.894. The zero-order valence-corrected chi connectivity index (χ0v) is 11.4. The molecular weight excluding hydrogens is 258 g/mol. The molecule has 1 heterocycles. The second kappa shape index (κ2) is 8.58. The number of primary amides is 1. The van der Waals surface area contributed by atoms with Crippen molar-refractivity contribution in [3.8, 4) is 5.75 Å². The molecule has 0 saturated carbocycles. The Bertz CT molecular complexity index is 511. The van der Waals surface area contributed by atoms with Gasteiger partial charge in [0.2, 0.25) is 0 Å². The molecule has 108 valence electrons. The number of nitrogens with two attached hydrogens (primary N) is 2. The maximum Gasteiger partial charge on any atom is 0.409 e. The third-order valence-electron chi connectivity index (χ3n) is 2.32. The summed E-state index contributed by atoms with van der Waals surface area (Å²) in [5.74, 6) is 1.83. The topological polar surface area (TPSA) is 104 Å². The Morgan fingerprint density at radius 2 is 2.05 bits per heavy atom. The highest BCUT2D eigenvalue weighted by atomic mass is 16.5. The third kappa shape index (κ3) is 6.44. The number of amides is 1. The summed E-state index contributed by atoms with van der Waals surface area (Å²) in [6, 6.07) is 10.4. The van der Waals surface area contributed by atoms with E-state index in [1.165, 1.54) is 6.42 Å². The van der Waals surface area contributed by atoms with Crippen LogP contribution in [-0.4, -0.2) is 11.2 Å². The van der Waals surface area contributed by atoms with Gasteiger partial charge in [-0.3, -0.25) is 0 Å². The summed E-state index contributed by atoms with van der Waals surface area (Å²) in [6.07, 6.45) is 2.46. The van der Waals surface area contributed by atoms with Crippen LogP contribution in [0.1, 0.15) is 25.5 Å². The fraction of sp³-hybridized carbons (Fsp3) is 0.286. The molecular formula is C14H19N3O3. The smallest absolute Gasteiger partial charge is 0.409 e. The second-order valence-electron chi connectivity index (χ2n) is 4.06. The van der Waals surface area contributed by atoms with Crippen molar-refractivity contribution in [3.63, 3.8) is 0 Å². The van der Waals surface area contributed by atoms with Gasteiger partial charge in [0.1, 0.15) is 11.5 Å². The average molecular weight is 277 g/mol. The van der Waals surface area contributed by atoms with E-state index in [1.807, 2.05) is 6.07 Å². The Hall–Kier alpha value is -2.50. The predicted molar refractivity (Wildman–Crippen MR) is 76.2 cm³/mol. The summed E-state index contributed by atoms with van der Waals surface area (Å²) in [7, 11) is 0. The Balaban J connectivity index is 0.000000200. The third-order valence-corrected chi connectivity index (χ3v) is 2.32. The number of aryl methyl sites for hydroxylation is 1. The fourth-order valence-corrected chi connectivity index (χ4v) is 1.40. The van der Waals surface area contributed by atoms with Gasteiger partial charge in [0.15, 0.2) is 5.82 Å². The van der Waals surface area contributed by atoms with E-state index in [9.17, 15) is 4.79 Å². The number of rotatable bonds is 4. The number of unbranched alkanes of at least 4 members (excludes halogenated alkanes) is 1. The van der Waals surface area contributed by atoms with Gasteiger partial charge in [-0.15, -0.1) is 0 Å². The largest absolute Gasteiger partial charge is 0.411 e. The van der Waals surface area contributed by atoms with Gasteiger partial charge < -0.3 is 20.7 Å². The number of benzene rings is 1. The number of carbonyl (C=O) groups is 1. The van der Waals surface area contributed by atoms with E-state index in [2.05, 4.69) is 16.8 Å². The highest BCUT2D eigenvalue weighted by Crippen LogP contribution is 2.08. The minimum absolute atomic E-state index is 0.468. The lowest BCUT2D eigenvalue weighted by atomic mass is 10.2. The minimum atomic E-state index is -0.786. The molecule has 0 bridgehead atoms. The van der Waals surface area contributed by atoms with E-state index < -0.39 is 6.09 Å². The van der Waals surface area contributed by atoms with E-state index in [-0.39, 0.29) is 0 Å². The van der Waals surface area contributed by atoms with Crippen LogP contribution in [0, 0.1) is 0 Å². The van der Waals surface area contributed by atoms with Crippen LogP contribution in [0.3, 0.4) is 0 Å².